The van der Waals surface area contributed by atoms with Crippen molar-refractivity contribution in [2.75, 3.05) is 11.1 Å². The zero-order valence-corrected chi connectivity index (χ0v) is 19.2. The van der Waals surface area contributed by atoms with Gasteiger partial charge in [0.25, 0.3) is 5.91 Å². The molecular weight excluding hydrogens is 430 g/mol. The van der Waals surface area contributed by atoms with Gasteiger partial charge in [0.05, 0.1) is 17.6 Å². The highest BCUT2D eigenvalue weighted by Gasteiger charge is 2.23. The maximum Gasteiger partial charge on any atom is 0.267 e. The molecule has 1 amide bonds. The fourth-order valence-electron chi connectivity index (χ4n) is 3.92. The summed E-state index contributed by atoms with van der Waals surface area (Å²) in [5.74, 6) is 0.447. The number of aryl methyl sites for hydroxylation is 2. The third-order valence-electron chi connectivity index (χ3n) is 5.69. The van der Waals surface area contributed by atoms with Crippen LogP contribution in [0.15, 0.2) is 77.4 Å². The van der Waals surface area contributed by atoms with Gasteiger partial charge in [-0.05, 0) is 43.2 Å². The van der Waals surface area contributed by atoms with E-state index in [1.807, 2.05) is 54.6 Å². The molecule has 0 unspecified atom stereocenters. The van der Waals surface area contributed by atoms with Crippen molar-refractivity contribution in [3.63, 3.8) is 0 Å². The zero-order valence-electron chi connectivity index (χ0n) is 18.4. The van der Waals surface area contributed by atoms with Crippen molar-refractivity contribution in [2.45, 2.75) is 20.3 Å². The SMILES string of the molecule is CCc1ccccc1NC(=O)c1sc2nc(-c3ccc(C)cc3)cc(-c3ccco3)c2c1N. The van der Waals surface area contributed by atoms with Crippen LogP contribution in [-0.4, -0.2) is 10.9 Å². The Labute approximate surface area is 195 Å². The minimum absolute atomic E-state index is 0.237. The van der Waals surface area contributed by atoms with E-state index in [0.717, 1.165) is 39.9 Å². The number of nitrogens with one attached hydrogen (secondary N) is 1. The molecule has 0 aliphatic carbocycles. The van der Waals surface area contributed by atoms with Crippen LogP contribution in [0.25, 0.3) is 32.8 Å². The standard InChI is InChI=1S/C27H23N3O2S/c1-3-17-7-4-5-8-20(17)29-26(31)25-24(28)23-19(22-9-6-14-32-22)15-21(30-27(23)33-25)18-12-10-16(2)11-13-18/h4-15H,3,28H2,1-2H3,(H,29,31). The highest BCUT2D eigenvalue weighted by molar-refractivity contribution is 7.21. The van der Waals surface area contributed by atoms with E-state index < -0.39 is 0 Å². The van der Waals surface area contributed by atoms with Gasteiger partial charge in [-0.25, -0.2) is 4.98 Å². The fraction of sp³-hybridized carbons (Fsp3) is 0.111. The quantitative estimate of drug-likeness (QED) is 0.302. The molecular formula is C27H23N3O2S. The second-order valence-corrected chi connectivity index (χ2v) is 8.89. The first kappa shape index (κ1) is 21.0. The molecule has 3 aromatic heterocycles. The number of furan rings is 1. The number of pyridine rings is 1. The number of amides is 1. The van der Waals surface area contributed by atoms with Gasteiger partial charge in [0.15, 0.2) is 0 Å². The Morgan fingerprint density at radius 1 is 1.09 bits per heavy atom. The summed E-state index contributed by atoms with van der Waals surface area (Å²) in [5.41, 5.74) is 12.6. The third-order valence-corrected chi connectivity index (χ3v) is 6.78. The van der Waals surface area contributed by atoms with E-state index in [2.05, 4.69) is 31.3 Å². The van der Waals surface area contributed by atoms with Gasteiger partial charge >= 0.3 is 0 Å². The summed E-state index contributed by atoms with van der Waals surface area (Å²) in [4.78, 5) is 19.2. The van der Waals surface area contributed by atoms with Crippen molar-refractivity contribution in [3.8, 4) is 22.6 Å². The zero-order chi connectivity index (χ0) is 22.9. The molecule has 0 bridgehead atoms. The lowest BCUT2D eigenvalue weighted by Gasteiger charge is -2.09. The van der Waals surface area contributed by atoms with Crippen LogP contribution in [-0.2, 0) is 6.42 Å². The first-order valence-electron chi connectivity index (χ1n) is 10.8. The summed E-state index contributed by atoms with van der Waals surface area (Å²) < 4.78 is 5.71. The molecule has 0 aliphatic heterocycles. The average Bonchev–Trinajstić information content (AvgIpc) is 3.48. The summed E-state index contributed by atoms with van der Waals surface area (Å²) in [7, 11) is 0. The van der Waals surface area contributed by atoms with Gasteiger partial charge in [-0.3, -0.25) is 4.79 Å². The Bertz CT molecular complexity index is 1450. The monoisotopic (exact) mass is 453 g/mol. The molecule has 0 atom stereocenters. The van der Waals surface area contributed by atoms with E-state index in [0.29, 0.717) is 21.2 Å². The molecule has 0 saturated carbocycles. The molecule has 5 rings (SSSR count). The van der Waals surface area contributed by atoms with Gasteiger partial charge in [0.1, 0.15) is 15.5 Å². The predicted molar refractivity (Wildman–Crippen MR) is 136 cm³/mol. The van der Waals surface area contributed by atoms with Crippen LogP contribution >= 0.6 is 11.3 Å². The lowest BCUT2D eigenvalue weighted by atomic mass is 10.0. The molecule has 2 aromatic carbocycles. The lowest BCUT2D eigenvalue weighted by molar-refractivity contribution is 0.103. The molecule has 0 fully saturated rings. The lowest BCUT2D eigenvalue weighted by Crippen LogP contribution is -2.13. The molecule has 0 aliphatic rings. The normalized spacial score (nSPS) is 11.1. The number of hydrogen-bond acceptors (Lipinski definition) is 5. The average molecular weight is 454 g/mol. The Kier molecular flexibility index (Phi) is 5.44. The van der Waals surface area contributed by atoms with Crippen LogP contribution < -0.4 is 11.1 Å². The Balaban J connectivity index is 1.64. The number of rotatable bonds is 5. The minimum atomic E-state index is -0.237. The summed E-state index contributed by atoms with van der Waals surface area (Å²) in [6, 6.07) is 21.7. The molecule has 164 valence electrons. The number of anilines is 2. The third kappa shape index (κ3) is 3.90. The number of nitrogen functional groups attached to an aromatic ring is 1. The first-order chi connectivity index (χ1) is 16.0. The molecule has 3 N–H and O–H groups in total. The molecule has 0 radical (unpaired) electrons. The number of thiophene rings is 1. The van der Waals surface area contributed by atoms with E-state index in [-0.39, 0.29) is 5.91 Å². The number of para-hydroxylation sites is 1. The number of carbonyl (C=O) groups excluding carboxylic acids is 1. The second-order valence-electron chi connectivity index (χ2n) is 7.89. The molecule has 3 heterocycles. The van der Waals surface area contributed by atoms with E-state index in [4.69, 9.17) is 15.1 Å². The predicted octanol–water partition coefficient (Wildman–Crippen LogP) is 6.93. The van der Waals surface area contributed by atoms with Crippen molar-refractivity contribution < 1.29 is 9.21 Å². The summed E-state index contributed by atoms with van der Waals surface area (Å²) in [5, 5.41) is 3.76. The molecule has 5 aromatic rings. The number of hydrogen-bond donors (Lipinski definition) is 2. The van der Waals surface area contributed by atoms with E-state index in [1.165, 1.54) is 16.9 Å². The van der Waals surface area contributed by atoms with Crippen LogP contribution in [0.3, 0.4) is 0 Å². The topological polar surface area (TPSA) is 81.2 Å². The van der Waals surface area contributed by atoms with Crippen LogP contribution in [0.5, 0.6) is 0 Å². The number of nitrogens with zero attached hydrogens (tertiary/aromatic N) is 1. The molecule has 0 saturated heterocycles. The summed E-state index contributed by atoms with van der Waals surface area (Å²) in [6.07, 6.45) is 2.45. The van der Waals surface area contributed by atoms with Gasteiger partial charge in [-0.15, -0.1) is 11.3 Å². The number of carbonyl (C=O) groups is 1. The van der Waals surface area contributed by atoms with Crippen LogP contribution in [0.2, 0.25) is 0 Å². The number of aromatic nitrogens is 1. The number of fused-ring (bicyclic) bond motifs is 1. The molecule has 6 heteroatoms. The maximum atomic E-state index is 13.2. The van der Waals surface area contributed by atoms with Crippen LogP contribution in [0, 0.1) is 6.92 Å². The largest absolute Gasteiger partial charge is 0.464 e. The Morgan fingerprint density at radius 3 is 2.61 bits per heavy atom. The van der Waals surface area contributed by atoms with Gasteiger partial charge in [0.2, 0.25) is 0 Å². The molecule has 33 heavy (non-hydrogen) atoms. The van der Waals surface area contributed by atoms with E-state index in [9.17, 15) is 4.79 Å². The Hall–Kier alpha value is -3.90. The van der Waals surface area contributed by atoms with Crippen molar-refractivity contribution >= 4 is 38.8 Å². The van der Waals surface area contributed by atoms with Gasteiger partial charge in [-0.1, -0.05) is 55.0 Å². The van der Waals surface area contributed by atoms with E-state index in [1.54, 1.807) is 6.26 Å². The van der Waals surface area contributed by atoms with Gasteiger partial charge in [-0.2, -0.15) is 0 Å². The highest BCUT2D eigenvalue weighted by atomic mass is 32.1. The van der Waals surface area contributed by atoms with Crippen LogP contribution in [0.4, 0.5) is 11.4 Å². The Morgan fingerprint density at radius 2 is 1.88 bits per heavy atom. The number of nitrogens with two attached hydrogens (primary N) is 1. The highest BCUT2D eigenvalue weighted by Crippen LogP contribution is 2.41. The minimum Gasteiger partial charge on any atom is -0.464 e. The van der Waals surface area contributed by atoms with Crippen molar-refractivity contribution in [1.82, 2.24) is 4.98 Å². The fourth-order valence-corrected chi connectivity index (χ4v) is 4.93. The second kappa shape index (κ2) is 8.56. The molecule has 5 nitrogen and oxygen atoms in total. The summed E-state index contributed by atoms with van der Waals surface area (Å²) >= 11 is 1.30. The maximum absolute atomic E-state index is 13.2. The van der Waals surface area contributed by atoms with Crippen molar-refractivity contribution in [3.05, 3.63) is 89.0 Å². The van der Waals surface area contributed by atoms with E-state index >= 15 is 0 Å². The van der Waals surface area contributed by atoms with Crippen LogP contribution in [0.1, 0.15) is 27.7 Å². The van der Waals surface area contributed by atoms with Gasteiger partial charge in [0, 0.05) is 22.2 Å². The smallest absolute Gasteiger partial charge is 0.267 e. The summed E-state index contributed by atoms with van der Waals surface area (Å²) in [6.45, 7) is 4.11. The number of benzene rings is 2. The molecule has 0 spiro atoms. The van der Waals surface area contributed by atoms with Crippen molar-refractivity contribution in [1.29, 1.82) is 0 Å². The van der Waals surface area contributed by atoms with Crippen molar-refractivity contribution in [2.24, 2.45) is 0 Å². The van der Waals surface area contributed by atoms with Gasteiger partial charge < -0.3 is 15.5 Å². The first-order valence-corrected chi connectivity index (χ1v) is 11.6.